The first kappa shape index (κ1) is 24.6. The van der Waals surface area contributed by atoms with Crippen molar-refractivity contribution in [3.63, 3.8) is 0 Å². The average Bonchev–Trinajstić information content (AvgIpc) is 2.75. The lowest BCUT2D eigenvalue weighted by atomic mass is 10.1. The molecule has 0 aliphatic carbocycles. The number of thioether (sulfide) groups is 1. The second kappa shape index (κ2) is 12.9. The summed E-state index contributed by atoms with van der Waals surface area (Å²) in [5.41, 5.74) is 0.832. The Morgan fingerprint density at radius 1 is 1.10 bits per heavy atom. The van der Waals surface area contributed by atoms with Crippen LogP contribution in [0.25, 0.3) is 0 Å². The van der Waals surface area contributed by atoms with E-state index in [4.69, 9.17) is 23.2 Å². The lowest BCUT2D eigenvalue weighted by molar-refractivity contribution is -0.140. The Kier molecular flexibility index (Phi) is 10.6. The van der Waals surface area contributed by atoms with E-state index in [1.165, 1.54) is 0 Å². The monoisotopic (exact) mass is 466 g/mol. The quantitative estimate of drug-likeness (QED) is 0.335. The van der Waals surface area contributed by atoms with Crippen LogP contribution in [0.15, 0.2) is 53.4 Å². The number of carbonyl (C=O) groups excluding carboxylic acids is 2. The maximum absolute atomic E-state index is 13.0. The number of nitrogens with zero attached hydrogens (tertiary/aromatic N) is 1. The number of hydrogen-bond acceptors (Lipinski definition) is 3. The predicted molar refractivity (Wildman–Crippen MR) is 126 cm³/mol. The normalized spacial score (nSPS) is 11.7. The molecule has 0 aliphatic rings. The number of halogens is 2. The summed E-state index contributed by atoms with van der Waals surface area (Å²) in [7, 11) is 0. The molecule has 2 rings (SSSR count). The third-order valence-corrected chi connectivity index (χ3v) is 6.35. The van der Waals surface area contributed by atoms with E-state index in [1.807, 2.05) is 49.4 Å². The van der Waals surface area contributed by atoms with Crippen LogP contribution in [-0.2, 0) is 16.1 Å². The van der Waals surface area contributed by atoms with E-state index in [-0.39, 0.29) is 11.8 Å². The van der Waals surface area contributed by atoms with Gasteiger partial charge in [0.25, 0.3) is 0 Å². The van der Waals surface area contributed by atoms with Gasteiger partial charge in [0.05, 0.1) is 0 Å². The summed E-state index contributed by atoms with van der Waals surface area (Å²) in [5, 5.41) is 4.18. The summed E-state index contributed by atoms with van der Waals surface area (Å²) in [6.45, 7) is 4.66. The molecule has 0 bridgehead atoms. The van der Waals surface area contributed by atoms with Crippen molar-refractivity contribution in [2.24, 2.45) is 0 Å². The van der Waals surface area contributed by atoms with Gasteiger partial charge in [0, 0.05) is 34.5 Å². The van der Waals surface area contributed by atoms with E-state index in [0.717, 1.165) is 22.6 Å². The van der Waals surface area contributed by atoms with Gasteiger partial charge in [-0.05, 0) is 61.4 Å². The molecule has 7 heteroatoms. The minimum atomic E-state index is -0.566. The lowest BCUT2D eigenvalue weighted by Crippen LogP contribution is -2.47. The Morgan fingerprint density at radius 2 is 1.80 bits per heavy atom. The van der Waals surface area contributed by atoms with Crippen molar-refractivity contribution >= 4 is 46.8 Å². The van der Waals surface area contributed by atoms with Gasteiger partial charge >= 0.3 is 0 Å². The molecule has 162 valence electrons. The van der Waals surface area contributed by atoms with Gasteiger partial charge in [0.15, 0.2) is 0 Å². The van der Waals surface area contributed by atoms with Crippen molar-refractivity contribution in [2.45, 2.75) is 50.6 Å². The minimum Gasteiger partial charge on any atom is -0.354 e. The zero-order valence-corrected chi connectivity index (χ0v) is 19.7. The number of rotatable bonds is 11. The smallest absolute Gasteiger partial charge is 0.242 e. The van der Waals surface area contributed by atoms with Crippen LogP contribution in [0.4, 0.5) is 0 Å². The van der Waals surface area contributed by atoms with Gasteiger partial charge < -0.3 is 10.2 Å². The summed E-state index contributed by atoms with van der Waals surface area (Å²) in [6.07, 6.45) is 1.93. The fraction of sp³-hybridized carbons (Fsp3) is 0.391. The maximum atomic E-state index is 13.0. The number of hydrogen-bond donors (Lipinski definition) is 1. The molecular formula is C23H28Cl2N2O2S. The molecule has 2 aromatic carbocycles. The average molecular weight is 467 g/mol. The van der Waals surface area contributed by atoms with Gasteiger partial charge in [0.1, 0.15) is 6.04 Å². The molecule has 0 heterocycles. The molecule has 0 unspecified atom stereocenters. The van der Waals surface area contributed by atoms with Crippen LogP contribution in [0, 0.1) is 0 Å². The van der Waals surface area contributed by atoms with E-state index in [0.29, 0.717) is 36.0 Å². The molecule has 0 fully saturated rings. The molecule has 30 heavy (non-hydrogen) atoms. The van der Waals surface area contributed by atoms with Gasteiger partial charge in [-0.15, -0.1) is 11.8 Å². The topological polar surface area (TPSA) is 49.4 Å². The van der Waals surface area contributed by atoms with E-state index in [9.17, 15) is 9.59 Å². The molecule has 1 N–H and O–H groups in total. The lowest BCUT2D eigenvalue weighted by Gasteiger charge is -2.29. The summed E-state index contributed by atoms with van der Waals surface area (Å²) < 4.78 is 0. The number of carbonyl (C=O) groups is 2. The zero-order valence-electron chi connectivity index (χ0n) is 17.4. The number of nitrogens with one attached hydrogen (secondary N) is 1. The Bertz CT molecular complexity index is 830. The summed E-state index contributed by atoms with van der Waals surface area (Å²) >= 11 is 13.9. The first-order valence-corrected chi connectivity index (χ1v) is 11.9. The highest BCUT2D eigenvalue weighted by atomic mass is 35.5. The van der Waals surface area contributed by atoms with Gasteiger partial charge in [-0.25, -0.2) is 0 Å². The first-order valence-electron chi connectivity index (χ1n) is 10.1. The molecule has 0 saturated carbocycles. The standard InChI is InChI=1S/C23H28Cl2N2O2S/c1-3-14-26-23(29)17(2)27(16-18-7-4-5-8-21(18)25)22(28)9-6-15-30-20-12-10-19(24)11-13-20/h4-5,7-8,10-13,17H,3,6,9,14-16H2,1-2H3,(H,26,29)/t17-/m0/s1. The van der Waals surface area contributed by atoms with Crippen LogP contribution in [-0.4, -0.2) is 35.1 Å². The molecule has 0 aliphatic heterocycles. The van der Waals surface area contributed by atoms with Crippen LogP contribution in [0.3, 0.4) is 0 Å². The predicted octanol–water partition coefficient (Wildman–Crippen LogP) is 5.81. The molecule has 0 saturated heterocycles. The van der Waals surface area contributed by atoms with Crippen molar-refractivity contribution in [1.82, 2.24) is 10.2 Å². The second-order valence-electron chi connectivity index (χ2n) is 6.99. The Hall–Kier alpha value is -1.69. The van der Waals surface area contributed by atoms with E-state index in [2.05, 4.69) is 5.32 Å². The fourth-order valence-corrected chi connectivity index (χ4v) is 4.05. The SMILES string of the molecule is CCCNC(=O)[C@H](C)N(Cc1ccccc1Cl)C(=O)CCCSc1ccc(Cl)cc1. The molecular weight excluding hydrogens is 439 g/mol. The number of amides is 2. The minimum absolute atomic E-state index is 0.0502. The highest BCUT2D eigenvalue weighted by Crippen LogP contribution is 2.23. The fourth-order valence-electron chi connectivity index (χ4n) is 2.88. The Morgan fingerprint density at radius 3 is 2.47 bits per heavy atom. The van der Waals surface area contributed by atoms with Crippen LogP contribution in [0.5, 0.6) is 0 Å². The highest BCUT2D eigenvalue weighted by Gasteiger charge is 2.26. The summed E-state index contributed by atoms with van der Waals surface area (Å²) in [4.78, 5) is 28.3. The molecule has 2 aromatic rings. The van der Waals surface area contributed by atoms with Crippen LogP contribution >= 0.6 is 35.0 Å². The third kappa shape index (κ3) is 7.86. The zero-order chi connectivity index (χ0) is 21.9. The van der Waals surface area contributed by atoms with Crippen molar-refractivity contribution < 1.29 is 9.59 Å². The van der Waals surface area contributed by atoms with E-state index in [1.54, 1.807) is 29.7 Å². The van der Waals surface area contributed by atoms with Gasteiger partial charge in [-0.2, -0.15) is 0 Å². The summed E-state index contributed by atoms with van der Waals surface area (Å²) in [6, 6.07) is 14.5. The van der Waals surface area contributed by atoms with E-state index < -0.39 is 6.04 Å². The molecule has 4 nitrogen and oxygen atoms in total. The third-order valence-electron chi connectivity index (χ3n) is 4.63. The molecule has 0 radical (unpaired) electrons. The van der Waals surface area contributed by atoms with Crippen molar-refractivity contribution in [3.8, 4) is 0 Å². The highest BCUT2D eigenvalue weighted by molar-refractivity contribution is 7.99. The second-order valence-corrected chi connectivity index (χ2v) is 9.00. The largest absolute Gasteiger partial charge is 0.354 e. The molecule has 0 aromatic heterocycles. The van der Waals surface area contributed by atoms with Gasteiger partial charge in [0.2, 0.25) is 11.8 Å². The summed E-state index contributed by atoms with van der Waals surface area (Å²) in [5.74, 6) is 0.613. The molecule has 1 atom stereocenters. The first-order chi connectivity index (χ1) is 14.4. The van der Waals surface area contributed by atoms with Gasteiger partial charge in [-0.3, -0.25) is 9.59 Å². The van der Waals surface area contributed by atoms with E-state index >= 15 is 0 Å². The van der Waals surface area contributed by atoms with Crippen LogP contribution < -0.4 is 5.32 Å². The Balaban J connectivity index is 1.98. The maximum Gasteiger partial charge on any atom is 0.242 e. The van der Waals surface area contributed by atoms with Crippen molar-refractivity contribution in [2.75, 3.05) is 12.3 Å². The molecule has 0 spiro atoms. The van der Waals surface area contributed by atoms with Crippen molar-refractivity contribution in [3.05, 3.63) is 64.1 Å². The molecule has 2 amide bonds. The van der Waals surface area contributed by atoms with Crippen molar-refractivity contribution in [1.29, 1.82) is 0 Å². The Labute approximate surface area is 193 Å². The van der Waals surface area contributed by atoms with Crippen LogP contribution in [0.1, 0.15) is 38.7 Å². The van der Waals surface area contributed by atoms with Gasteiger partial charge in [-0.1, -0.05) is 48.3 Å². The van der Waals surface area contributed by atoms with Crippen LogP contribution in [0.2, 0.25) is 10.0 Å². The number of benzene rings is 2.